The summed E-state index contributed by atoms with van der Waals surface area (Å²) in [6.07, 6.45) is 2.01. The van der Waals surface area contributed by atoms with Crippen molar-refractivity contribution in [1.29, 1.82) is 0 Å². The number of aliphatic hydroxyl groups is 1. The lowest BCUT2D eigenvalue weighted by Gasteiger charge is -2.19. The first-order valence-electron chi connectivity index (χ1n) is 7.04. The van der Waals surface area contributed by atoms with Crippen molar-refractivity contribution >= 4 is 22.5 Å². The van der Waals surface area contributed by atoms with E-state index in [1.54, 1.807) is 0 Å². The minimum atomic E-state index is -0.295. The van der Waals surface area contributed by atoms with Crippen LogP contribution in [0.15, 0.2) is 24.3 Å². The van der Waals surface area contributed by atoms with E-state index in [1.165, 1.54) is 0 Å². The molecule has 0 bridgehead atoms. The third-order valence-corrected chi connectivity index (χ3v) is 3.96. The Labute approximate surface area is 118 Å². The summed E-state index contributed by atoms with van der Waals surface area (Å²) in [4.78, 5) is 15.1. The Hall–Kier alpha value is -1.81. The third-order valence-electron chi connectivity index (χ3n) is 3.96. The molecule has 3 rings (SSSR count). The number of hydrogen-bond donors (Lipinski definition) is 3. The molecule has 1 aliphatic carbocycles. The van der Waals surface area contributed by atoms with Gasteiger partial charge < -0.3 is 15.4 Å². The van der Waals surface area contributed by atoms with Gasteiger partial charge in [-0.15, -0.1) is 0 Å². The zero-order valence-corrected chi connectivity index (χ0v) is 11.9. The summed E-state index contributed by atoms with van der Waals surface area (Å²) in [5.41, 5.74) is 2.56. The van der Waals surface area contributed by atoms with Crippen molar-refractivity contribution in [3.05, 3.63) is 30.0 Å². The Kier molecular flexibility index (Phi) is 3.05. The summed E-state index contributed by atoms with van der Waals surface area (Å²) in [5, 5.41) is 13.4. The lowest BCUT2D eigenvalue weighted by molar-refractivity contribution is -0.117. The molecule has 1 fully saturated rings. The van der Waals surface area contributed by atoms with E-state index in [2.05, 4.69) is 10.3 Å². The molecule has 0 atom stereocenters. The number of carbonyl (C=O) groups is 1. The van der Waals surface area contributed by atoms with Gasteiger partial charge in [0.05, 0.1) is 6.61 Å². The highest BCUT2D eigenvalue weighted by Gasteiger charge is 2.29. The van der Waals surface area contributed by atoms with E-state index in [1.807, 2.05) is 38.1 Å². The molecule has 0 spiro atoms. The van der Waals surface area contributed by atoms with Crippen LogP contribution >= 0.6 is 0 Å². The molecule has 1 amide bonds. The van der Waals surface area contributed by atoms with Crippen molar-refractivity contribution in [2.24, 2.45) is 5.92 Å². The van der Waals surface area contributed by atoms with Crippen LogP contribution in [-0.2, 0) is 10.2 Å². The predicted molar refractivity (Wildman–Crippen MR) is 79.8 cm³/mol. The summed E-state index contributed by atoms with van der Waals surface area (Å²) >= 11 is 0. The largest absolute Gasteiger partial charge is 0.395 e. The number of rotatable bonds is 4. The second-order valence-electron chi connectivity index (χ2n) is 6.29. The Bertz CT molecular complexity index is 654. The first kappa shape index (κ1) is 13.2. The van der Waals surface area contributed by atoms with Crippen LogP contribution in [0.3, 0.4) is 0 Å². The van der Waals surface area contributed by atoms with Crippen molar-refractivity contribution in [2.75, 3.05) is 11.9 Å². The van der Waals surface area contributed by atoms with Crippen LogP contribution in [0.2, 0.25) is 0 Å². The van der Waals surface area contributed by atoms with Gasteiger partial charge in [-0.1, -0.05) is 13.8 Å². The van der Waals surface area contributed by atoms with E-state index in [9.17, 15) is 9.90 Å². The van der Waals surface area contributed by atoms with E-state index in [0.29, 0.717) is 0 Å². The van der Waals surface area contributed by atoms with Crippen molar-refractivity contribution in [2.45, 2.75) is 32.1 Å². The molecule has 1 aromatic carbocycles. The minimum absolute atomic E-state index is 0.0884. The first-order chi connectivity index (χ1) is 9.49. The van der Waals surface area contributed by atoms with Gasteiger partial charge in [-0.3, -0.25) is 4.79 Å². The predicted octanol–water partition coefficient (Wildman–Crippen LogP) is 2.79. The van der Waals surface area contributed by atoms with Crippen molar-refractivity contribution in [3.63, 3.8) is 0 Å². The number of carbonyl (C=O) groups excluding carboxylic acids is 1. The summed E-state index contributed by atoms with van der Waals surface area (Å²) in [6, 6.07) is 7.89. The van der Waals surface area contributed by atoms with Gasteiger partial charge in [0.25, 0.3) is 0 Å². The van der Waals surface area contributed by atoms with Gasteiger partial charge in [0.2, 0.25) is 5.91 Å². The Morgan fingerprint density at radius 2 is 2.15 bits per heavy atom. The second-order valence-corrected chi connectivity index (χ2v) is 6.29. The molecule has 2 aromatic rings. The van der Waals surface area contributed by atoms with Crippen LogP contribution in [-0.4, -0.2) is 22.6 Å². The molecule has 0 saturated heterocycles. The number of benzene rings is 1. The van der Waals surface area contributed by atoms with E-state index in [4.69, 9.17) is 0 Å². The number of nitrogens with one attached hydrogen (secondary N) is 2. The molecule has 4 nitrogen and oxygen atoms in total. The fourth-order valence-corrected chi connectivity index (χ4v) is 2.25. The standard InChI is InChI=1S/C16H20N2O2/c1-16(2,9-19)14-8-11-7-12(5-6-13(11)18-14)17-15(20)10-3-4-10/h5-8,10,18-19H,3-4,9H2,1-2H3,(H,17,20). The van der Waals surface area contributed by atoms with Crippen LogP contribution in [0.1, 0.15) is 32.4 Å². The van der Waals surface area contributed by atoms with Crippen LogP contribution < -0.4 is 5.32 Å². The van der Waals surface area contributed by atoms with Gasteiger partial charge in [-0.25, -0.2) is 0 Å². The van der Waals surface area contributed by atoms with Gasteiger partial charge in [-0.05, 0) is 37.1 Å². The number of aromatic amines is 1. The summed E-state index contributed by atoms with van der Waals surface area (Å²) in [6.45, 7) is 4.08. The maximum Gasteiger partial charge on any atom is 0.227 e. The van der Waals surface area contributed by atoms with E-state index in [0.717, 1.165) is 35.1 Å². The molecule has 0 radical (unpaired) electrons. The first-order valence-corrected chi connectivity index (χ1v) is 7.04. The molecule has 20 heavy (non-hydrogen) atoms. The van der Waals surface area contributed by atoms with Crippen molar-refractivity contribution in [3.8, 4) is 0 Å². The Balaban J connectivity index is 1.88. The molecular formula is C16H20N2O2. The molecule has 0 unspecified atom stereocenters. The molecular weight excluding hydrogens is 252 g/mol. The smallest absolute Gasteiger partial charge is 0.227 e. The van der Waals surface area contributed by atoms with Crippen LogP contribution in [0.4, 0.5) is 5.69 Å². The second kappa shape index (κ2) is 4.63. The Morgan fingerprint density at radius 3 is 2.80 bits per heavy atom. The van der Waals surface area contributed by atoms with E-state index < -0.39 is 0 Å². The number of anilines is 1. The monoisotopic (exact) mass is 272 g/mol. The van der Waals surface area contributed by atoms with E-state index >= 15 is 0 Å². The van der Waals surface area contributed by atoms with Crippen molar-refractivity contribution < 1.29 is 9.90 Å². The molecule has 1 heterocycles. The minimum Gasteiger partial charge on any atom is -0.395 e. The third kappa shape index (κ3) is 2.43. The summed E-state index contributed by atoms with van der Waals surface area (Å²) in [7, 11) is 0. The van der Waals surface area contributed by atoms with Gasteiger partial charge >= 0.3 is 0 Å². The molecule has 1 aliphatic rings. The maximum absolute atomic E-state index is 11.8. The topological polar surface area (TPSA) is 65.1 Å². The molecule has 4 heteroatoms. The zero-order chi connectivity index (χ0) is 14.3. The molecule has 1 aromatic heterocycles. The number of aliphatic hydroxyl groups excluding tert-OH is 1. The number of amides is 1. The fourth-order valence-electron chi connectivity index (χ4n) is 2.25. The van der Waals surface area contributed by atoms with Gasteiger partial charge in [0.1, 0.15) is 0 Å². The van der Waals surface area contributed by atoms with E-state index in [-0.39, 0.29) is 23.8 Å². The highest BCUT2D eigenvalue weighted by atomic mass is 16.3. The number of fused-ring (bicyclic) bond motifs is 1. The summed E-state index contributed by atoms with van der Waals surface area (Å²) in [5.74, 6) is 0.330. The number of hydrogen-bond acceptors (Lipinski definition) is 2. The number of H-pyrrole nitrogens is 1. The van der Waals surface area contributed by atoms with Crippen LogP contribution in [0, 0.1) is 5.92 Å². The normalized spacial score (nSPS) is 15.6. The molecule has 106 valence electrons. The maximum atomic E-state index is 11.8. The molecule has 0 aliphatic heterocycles. The van der Waals surface area contributed by atoms with Crippen LogP contribution in [0.5, 0.6) is 0 Å². The SMILES string of the molecule is CC(C)(CO)c1cc2cc(NC(=O)C3CC3)ccc2[nH]1. The fraction of sp³-hybridized carbons (Fsp3) is 0.438. The molecule has 1 saturated carbocycles. The van der Waals surface area contributed by atoms with Gasteiger partial charge in [0.15, 0.2) is 0 Å². The highest BCUT2D eigenvalue weighted by Crippen LogP contribution is 2.31. The highest BCUT2D eigenvalue weighted by molar-refractivity contribution is 5.96. The summed E-state index contributed by atoms with van der Waals surface area (Å²) < 4.78 is 0. The Morgan fingerprint density at radius 1 is 1.40 bits per heavy atom. The van der Waals surface area contributed by atoms with Gasteiger partial charge in [-0.2, -0.15) is 0 Å². The lowest BCUT2D eigenvalue weighted by atomic mass is 9.91. The van der Waals surface area contributed by atoms with Crippen molar-refractivity contribution in [1.82, 2.24) is 4.98 Å². The average molecular weight is 272 g/mol. The molecule has 3 N–H and O–H groups in total. The van der Waals surface area contributed by atoms with Crippen LogP contribution in [0.25, 0.3) is 10.9 Å². The number of aromatic nitrogens is 1. The zero-order valence-electron chi connectivity index (χ0n) is 11.9. The lowest BCUT2D eigenvalue weighted by Crippen LogP contribution is -2.22. The quantitative estimate of drug-likeness (QED) is 0.801. The average Bonchev–Trinajstić information content (AvgIpc) is 3.18. The van der Waals surface area contributed by atoms with Gasteiger partial charge in [0, 0.05) is 33.6 Å².